The van der Waals surface area contributed by atoms with Crippen LogP contribution in [-0.2, 0) is 10.2 Å². The van der Waals surface area contributed by atoms with Crippen molar-refractivity contribution in [3.05, 3.63) is 11.8 Å². The van der Waals surface area contributed by atoms with Crippen LogP contribution in [0.1, 0.15) is 18.5 Å². The highest BCUT2D eigenvalue weighted by Gasteiger charge is 2.46. The molecule has 2 heterocycles. The van der Waals surface area contributed by atoms with Gasteiger partial charge in [-0.05, 0) is 26.9 Å². The van der Waals surface area contributed by atoms with Gasteiger partial charge < -0.3 is 14.5 Å². The second-order valence-corrected chi connectivity index (χ2v) is 6.26. The molecule has 1 unspecified atom stereocenters. The number of hydrogen-bond acceptors (Lipinski definition) is 6. The van der Waals surface area contributed by atoms with Crippen molar-refractivity contribution >= 4 is 11.8 Å². The van der Waals surface area contributed by atoms with Gasteiger partial charge in [-0.3, -0.25) is 15.0 Å². The standard InChI is InChI=1S/C14H22N4O3/c1-17-5-6-18(2)10(8-17)13(20)15-12-7-11(16-21-12)14(9-19)3-4-14/h7,10,19H,3-6,8-9H2,1-2H3,(H,15,20). The summed E-state index contributed by atoms with van der Waals surface area (Å²) in [5.41, 5.74) is 0.489. The van der Waals surface area contributed by atoms with E-state index in [1.54, 1.807) is 6.07 Å². The quantitative estimate of drug-likeness (QED) is 0.806. The van der Waals surface area contributed by atoms with Crippen LogP contribution in [0.3, 0.4) is 0 Å². The molecular formula is C14H22N4O3. The van der Waals surface area contributed by atoms with Crippen LogP contribution in [0.25, 0.3) is 0 Å². The molecule has 1 aliphatic carbocycles. The van der Waals surface area contributed by atoms with E-state index in [-0.39, 0.29) is 24.0 Å². The van der Waals surface area contributed by atoms with Crippen molar-refractivity contribution < 1.29 is 14.4 Å². The third kappa shape index (κ3) is 2.81. The first-order chi connectivity index (χ1) is 10.0. The third-order valence-electron chi connectivity index (χ3n) is 4.61. The summed E-state index contributed by atoms with van der Waals surface area (Å²) in [6, 6.07) is 1.54. The van der Waals surface area contributed by atoms with Gasteiger partial charge in [-0.15, -0.1) is 0 Å². The molecule has 3 rings (SSSR count). The van der Waals surface area contributed by atoms with Gasteiger partial charge in [0.2, 0.25) is 11.8 Å². The fourth-order valence-corrected chi connectivity index (χ4v) is 2.73. The highest BCUT2D eigenvalue weighted by Crippen LogP contribution is 2.47. The van der Waals surface area contributed by atoms with Crippen LogP contribution in [-0.4, -0.2) is 72.3 Å². The van der Waals surface area contributed by atoms with Crippen LogP contribution in [0, 0.1) is 0 Å². The maximum Gasteiger partial charge on any atom is 0.245 e. The summed E-state index contributed by atoms with van der Waals surface area (Å²) in [7, 11) is 3.96. The van der Waals surface area contributed by atoms with Crippen molar-refractivity contribution in [2.75, 3.05) is 45.7 Å². The fourth-order valence-electron chi connectivity index (χ4n) is 2.73. The number of carbonyl (C=O) groups is 1. The smallest absolute Gasteiger partial charge is 0.245 e. The molecular weight excluding hydrogens is 272 g/mol. The summed E-state index contributed by atoms with van der Waals surface area (Å²) in [4.78, 5) is 16.5. The molecule has 2 fully saturated rings. The minimum atomic E-state index is -0.242. The molecule has 7 nitrogen and oxygen atoms in total. The van der Waals surface area contributed by atoms with Gasteiger partial charge >= 0.3 is 0 Å². The van der Waals surface area contributed by atoms with E-state index in [1.807, 2.05) is 19.0 Å². The number of aliphatic hydroxyl groups is 1. The van der Waals surface area contributed by atoms with Crippen molar-refractivity contribution in [2.45, 2.75) is 24.3 Å². The number of likely N-dealkylation sites (N-methyl/N-ethyl adjacent to an activating group) is 2. The Morgan fingerprint density at radius 3 is 2.95 bits per heavy atom. The maximum absolute atomic E-state index is 12.4. The molecule has 1 amide bonds. The predicted molar refractivity (Wildman–Crippen MR) is 77.0 cm³/mol. The van der Waals surface area contributed by atoms with E-state index in [2.05, 4.69) is 15.4 Å². The SMILES string of the molecule is CN1CCN(C)C(C(=O)Nc2cc(C3(CO)CC3)no2)C1. The Labute approximate surface area is 123 Å². The minimum Gasteiger partial charge on any atom is -0.395 e. The van der Waals surface area contributed by atoms with Gasteiger partial charge in [0.1, 0.15) is 6.04 Å². The zero-order chi connectivity index (χ0) is 15.0. The first kappa shape index (κ1) is 14.5. The molecule has 1 aromatic heterocycles. The highest BCUT2D eigenvalue weighted by atomic mass is 16.5. The molecule has 0 aromatic carbocycles. The molecule has 0 bridgehead atoms. The summed E-state index contributed by atoms with van der Waals surface area (Å²) in [5.74, 6) is 0.275. The minimum absolute atomic E-state index is 0.0725. The number of hydrogen-bond donors (Lipinski definition) is 2. The Hall–Kier alpha value is -1.44. The van der Waals surface area contributed by atoms with E-state index < -0.39 is 0 Å². The van der Waals surface area contributed by atoms with Gasteiger partial charge in [0.15, 0.2) is 0 Å². The molecule has 1 aliphatic heterocycles. The molecule has 1 saturated heterocycles. The molecule has 7 heteroatoms. The first-order valence-corrected chi connectivity index (χ1v) is 7.32. The lowest BCUT2D eigenvalue weighted by molar-refractivity contribution is -0.122. The lowest BCUT2D eigenvalue weighted by Crippen LogP contribution is -2.55. The number of piperazine rings is 1. The predicted octanol–water partition coefficient (Wildman–Crippen LogP) is -0.117. The largest absolute Gasteiger partial charge is 0.395 e. The summed E-state index contributed by atoms with van der Waals surface area (Å²) in [6.45, 7) is 2.60. The van der Waals surface area contributed by atoms with E-state index in [4.69, 9.17) is 4.52 Å². The lowest BCUT2D eigenvalue weighted by atomic mass is 10.0. The van der Waals surface area contributed by atoms with Crippen molar-refractivity contribution in [3.63, 3.8) is 0 Å². The average Bonchev–Trinajstić information content (AvgIpc) is 3.14. The van der Waals surface area contributed by atoms with Gasteiger partial charge in [-0.1, -0.05) is 5.16 Å². The van der Waals surface area contributed by atoms with Gasteiger partial charge in [0.25, 0.3) is 0 Å². The topological polar surface area (TPSA) is 81.8 Å². The van der Waals surface area contributed by atoms with E-state index in [0.29, 0.717) is 12.4 Å². The van der Waals surface area contributed by atoms with Crippen molar-refractivity contribution in [1.82, 2.24) is 15.0 Å². The molecule has 2 aliphatic rings. The summed E-state index contributed by atoms with van der Waals surface area (Å²) in [6.07, 6.45) is 1.83. The van der Waals surface area contributed by atoms with Crippen molar-refractivity contribution in [1.29, 1.82) is 0 Å². The molecule has 0 spiro atoms. The molecule has 21 heavy (non-hydrogen) atoms. The van der Waals surface area contributed by atoms with Crippen LogP contribution >= 0.6 is 0 Å². The summed E-state index contributed by atoms with van der Waals surface area (Å²) in [5, 5.41) is 16.2. The van der Waals surface area contributed by atoms with Crippen LogP contribution in [0.2, 0.25) is 0 Å². The summed E-state index contributed by atoms with van der Waals surface area (Å²) >= 11 is 0. The van der Waals surface area contributed by atoms with E-state index in [1.165, 1.54) is 0 Å². The van der Waals surface area contributed by atoms with E-state index >= 15 is 0 Å². The van der Waals surface area contributed by atoms with Crippen LogP contribution in [0.5, 0.6) is 0 Å². The van der Waals surface area contributed by atoms with E-state index in [0.717, 1.165) is 31.6 Å². The Morgan fingerprint density at radius 1 is 1.52 bits per heavy atom. The Morgan fingerprint density at radius 2 is 2.29 bits per heavy atom. The Kier molecular flexibility index (Phi) is 3.73. The molecule has 0 radical (unpaired) electrons. The number of nitrogens with one attached hydrogen (secondary N) is 1. The highest BCUT2D eigenvalue weighted by molar-refractivity contribution is 5.94. The van der Waals surface area contributed by atoms with Crippen molar-refractivity contribution in [2.24, 2.45) is 0 Å². The second kappa shape index (κ2) is 5.40. The molecule has 1 atom stereocenters. The number of anilines is 1. The number of amides is 1. The number of nitrogens with zero attached hydrogens (tertiary/aromatic N) is 3. The van der Waals surface area contributed by atoms with Crippen molar-refractivity contribution in [3.8, 4) is 0 Å². The van der Waals surface area contributed by atoms with Gasteiger partial charge in [-0.25, -0.2) is 0 Å². The fraction of sp³-hybridized carbons (Fsp3) is 0.714. The van der Waals surface area contributed by atoms with Gasteiger partial charge in [0, 0.05) is 31.1 Å². The number of carbonyl (C=O) groups excluding carboxylic acids is 1. The third-order valence-corrected chi connectivity index (χ3v) is 4.61. The normalized spacial score (nSPS) is 25.8. The van der Waals surface area contributed by atoms with Crippen LogP contribution < -0.4 is 5.32 Å². The average molecular weight is 294 g/mol. The van der Waals surface area contributed by atoms with Crippen LogP contribution in [0.15, 0.2) is 10.6 Å². The second-order valence-electron chi connectivity index (χ2n) is 6.26. The molecule has 1 aromatic rings. The van der Waals surface area contributed by atoms with E-state index in [9.17, 15) is 9.90 Å². The maximum atomic E-state index is 12.4. The summed E-state index contributed by atoms with van der Waals surface area (Å²) < 4.78 is 5.19. The van der Waals surface area contributed by atoms with Gasteiger partial charge in [0.05, 0.1) is 12.3 Å². The Balaban J connectivity index is 1.65. The lowest BCUT2D eigenvalue weighted by Gasteiger charge is -2.36. The van der Waals surface area contributed by atoms with Crippen LogP contribution in [0.4, 0.5) is 5.88 Å². The zero-order valence-electron chi connectivity index (χ0n) is 12.5. The molecule has 116 valence electrons. The number of rotatable bonds is 4. The first-order valence-electron chi connectivity index (χ1n) is 7.32. The monoisotopic (exact) mass is 294 g/mol. The molecule has 1 saturated carbocycles. The number of aliphatic hydroxyl groups excluding tert-OH is 1. The number of aromatic nitrogens is 1. The van der Waals surface area contributed by atoms with Gasteiger partial charge in [-0.2, -0.15) is 0 Å². The Bertz CT molecular complexity index is 526. The molecule has 2 N–H and O–H groups in total. The zero-order valence-corrected chi connectivity index (χ0v) is 12.5.